The van der Waals surface area contributed by atoms with Gasteiger partial charge in [0.05, 0.1) is 6.42 Å². The van der Waals surface area contributed by atoms with Gasteiger partial charge in [-0.05, 0) is 23.1 Å². The molecular weight excluding hydrogens is 328 g/mol. The van der Waals surface area contributed by atoms with E-state index < -0.39 is 0 Å². The van der Waals surface area contributed by atoms with E-state index in [4.69, 9.17) is 4.74 Å². The molecule has 0 aliphatic carbocycles. The van der Waals surface area contributed by atoms with Crippen molar-refractivity contribution in [3.63, 3.8) is 0 Å². The molecule has 0 unspecified atom stereocenters. The van der Waals surface area contributed by atoms with Crippen LogP contribution in [0.2, 0.25) is 0 Å². The molecule has 2 aromatic carbocycles. The predicted octanol–water partition coefficient (Wildman–Crippen LogP) is 3.23. The lowest BCUT2D eigenvalue weighted by Gasteiger charge is -2.17. The molecule has 5 nitrogen and oxygen atoms in total. The summed E-state index contributed by atoms with van der Waals surface area (Å²) >= 11 is 0. The first-order chi connectivity index (χ1) is 12.6. The number of benzene rings is 2. The molecule has 134 valence electrons. The first-order valence-electron chi connectivity index (χ1n) is 8.61. The lowest BCUT2D eigenvalue weighted by molar-refractivity contribution is -0.151. The second-order valence-electron chi connectivity index (χ2n) is 6.21. The topological polar surface area (TPSA) is 51.5 Å². The number of rotatable bonds is 7. The average Bonchev–Trinajstić information content (AvgIpc) is 3.08. The number of fused-ring (bicyclic) bond motifs is 1. The third kappa shape index (κ3) is 4.51. The largest absolute Gasteiger partial charge is 0.456 e. The van der Waals surface area contributed by atoms with E-state index in [1.807, 2.05) is 71.4 Å². The number of amides is 1. The fourth-order valence-corrected chi connectivity index (χ4v) is 2.82. The van der Waals surface area contributed by atoms with Crippen LogP contribution in [0.5, 0.6) is 0 Å². The minimum absolute atomic E-state index is 0.214. The Morgan fingerprint density at radius 1 is 1.00 bits per heavy atom. The first kappa shape index (κ1) is 17.7. The second-order valence-corrected chi connectivity index (χ2v) is 6.21. The lowest BCUT2D eigenvalue weighted by Crippen LogP contribution is -2.30. The molecule has 0 aliphatic rings. The van der Waals surface area contributed by atoms with Crippen molar-refractivity contribution in [3.05, 3.63) is 72.4 Å². The van der Waals surface area contributed by atoms with Gasteiger partial charge in [-0.25, -0.2) is 0 Å². The number of hydrogen-bond donors (Lipinski definition) is 0. The molecule has 0 aliphatic heterocycles. The fraction of sp³-hybridized carbons (Fsp3) is 0.238. The third-order valence-electron chi connectivity index (χ3n) is 4.28. The van der Waals surface area contributed by atoms with Crippen LogP contribution >= 0.6 is 0 Å². The molecule has 0 atom stereocenters. The maximum atomic E-state index is 12.1. The Morgan fingerprint density at radius 3 is 2.54 bits per heavy atom. The maximum Gasteiger partial charge on any atom is 0.308 e. The lowest BCUT2D eigenvalue weighted by atomic mass is 10.2. The highest BCUT2D eigenvalue weighted by Gasteiger charge is 2.13. The van der Waals surface area contributed by atoms with Crippen LogP contribution in [-0.4, -0.2) is 35.0 Å². The van der Waals surface area contributed by atoms with Crippen LogP contribution in [0.3, 0.4) is 0 Å². The number of nitrogens with zero attached hydrogens (tertiary/aromatic N) is 2. The van der Waals surface area contributed by atoms with Crippen LogP contribution < -0.4 is 0 Å². The maximum absolute atomic E-state index is 12.1. The summed E-state index contributed by atoms with van der Waals surface area (Å²) in [4.78, 5) is 25.6. The summed E-state index contributed by atoms with van der Waals surface area (Å²) in [6, 6.07) is 19.7. The Labute approximate surface area is 152 Å². The van der Waals surface area contributed by atoms with Gasteiger partial charge in [0.2, 0.25) is 0 Å². The van der Waals surface area contributed by atoms with Crippen LogP contribution in [0.4, 0.5) is 0 Å². The number of likely N-dealkylation sites (N-methyl/N-ethyl adjacent to an activating group) is 1. The Hall–Kier alpha value is -3.08. The summed E-state index contributed by atoms with van der Waals surface area (Å²) in [7, 11) is 1.70. The van der Waals surface area contributed by atoms with Gasteiger partial charge in [-0.3, -0.25) is 9.59 Å². The molecule has 0 saturated carbocycles. The van der Waals surface area contributed by atoms with Crippen LogP contribution in [0, 0.1) is 0 Å². The van der Waals surface area contributed by atoms with Crippen LogP contribution in [0.15, 0.2) is 66.9 Å². The zero-order chi connectivity index (χ0) is 18.4. The van der Waals surface area contributed by atoms with Gasteiger partial charge in [-0.2, -0.15) is 0 Å². The zero-order valence-corrected chi connectivity index (χ0v) is 14.8. The molecule has 0 bridgehead atoms. The van der Waals surface area contributed by atoms with Gasteiger partial charge in [0.25, 0.3) is 5.91 Å². The van der Waals surface area contributed by atoms with Gasteiger partial charge in [0, 0.05) is 31.9 Å². The van der Waals surface area contributed by atoms with E-state index in [1.165, 1.54) is 0 Å². The zero-order valence-electron chi connectivity index (χ0n) is 14.8. The number of aryl methyl sites for hydroxylation is 1. The van der Waals surface area contributed by atoms with Crippen molar-refractivity contribution in [1.82, 2.24) is 9.47 Å². The minimum Gasteiger partial charge on any atom is -0.456 e. The standard InChI is InChI=1S/C21H22N2O3/c1-22(15-17-7-3-2-4-8-17)20(24)16-26-21(25)12-14-23-13-11-18-9-5-6-10-19(18)23/h2-11,13H,12,14-16H2,1H3. The molecule has 26 heavy (non-hydrogen) atoms. The smallest absolute Gasteiger partial charge is 0.308 e. The molecule has 0 fully saturated rings. The molecule has 3 rings (SSSR count). The van der Waals surface area contributed by atoms with Gasteiger partial charge >= 0.3 is 5.97 Å². The highest BCUT2D eigenvalue weighted by atomic mass is 16.5. The van der Waals surface area contributed by atoms with E-state index >= 15 is 0 Å². The van der Waals surface area contributed by atoms with E-state index in [0.717, 1.165) is 16.5 Å². The number of hydrogen-bond acceptors (Lipinski definition) is 3. The Bertz CT molecular complexity index is 886. The Kier molecular flexibility index (Phi) is 5.69. The van der Waals surface area contributed by atoms with Crippen LogP contribution in [0.1, 0.15) is 12.0 Å². The Balaban J connectivity index is 1.44. The summed E-state index contributed by atoms with van der Waals surface area (Å²) in [5.74, 6) is -0.585. The summed E-state index contributed by atoms with van der Waals surface area (Å²) in [6.07, 6.45) is 2.19. The van der Waals surface area contributed by atoms with Crippen molar-refractivity contribution in [2.45, 2.75) is 19.5 Å². The monoisotopic (exact) mass is 350 g/mol. The van der Waals surface area contributed by atoms with E-state index in [0.29, 0.717) is 13.1 Å². The summed E-state index contributed by atoms with van der Waals surface area (Å²) in [6.45, 7) is 0.793. The van der Waals surface area contributed by atoms with Gasteiger partial charge in [0.15, 0.2) is 6.61 Å². The van der Waals surface area contributed by atoms with Crippen LogP contribution in [-0.2, 0) is 27.4 Å². The number of esters is 1. The molecule has 1 aromatic heterocycles. The number of carbonyl (C=O) groups excluding carboxylic acids is 2. The summed E-state index contributed by atoms with van der Waals surface area (Å²) in [5, 5.41) is 1.14. The highest BCUT2D eigenvalue weighted by molar-refractivity contribution is 5.81. The van der Waals surface area contributed by atoms with E-state index in [-0.39, 0.29) is 24.9 Å². The summed E-state index contributed by atoms with van der Waals surface area (Å²) < 4.78 is 7.14. The molecular formula is C21H22N2O3. The molecule has 1 amide bonds. The van der Waals surface area contributed by atoms with E-state index in [1.54, 1.807) is 11.9 Å². The highest BCUT2D eigenvalue weighted by Crippen LogP contribution is 2.15. The number of aromatic nitrogens is 1. The summed E-state index contributed by atoms with van der Waals surface area (Å²) in [5.41, 5.74) is 2.12. The first-order valence-corrected chi connectivity index (χ1v) is 8.61. The van der Waals surface area contributed by atoms with Crippen LogP contribution in [0.25, 0.3) is 10.9 Å². The van der Waals surface area contributed by atoms with Crippen molar-refractivity contribution in [2.24, 2.45) is 0 Å². The molecule has 3 aromatic rings. The quantitative estimate of drug-likeness (QED) is 0.615. The number of carbonyl (C=O) groups is 2. The van der Waals surface area contributed by atoms with Crippen molar-refractivity contribution >= 4 is 22.8 Å². The van der Waals surface area contributed by atoms with Crippen molar-refractivity contribution in [3.8, 4) is 0 Å². The van der Waals surface area contributed by atoms with Crippen molar-refractivity contribution < 1.29 is 14.3 Å². The van der Waals surface area contributed by atoms with Crippen molar-refractivity contribution in [1.29, 1.82) is 0 Å². The normalized spacial score (nSPS) is 10.7. The van der Waals surface area contributed by atoms with Gasteiger partial charge < -0.3 is 14.2 Å². The number of para-hydroxylation sites is 1. The van der Waals surface area contributed by atoms with Gasteiger partial charge in [0.1, 0.15) is 0 Å². The minimum atomic E-state index is -0.371. The average molecular weight is 350 g/mol. The Morgan fingerprint density at radius 2 is 1.73 bits per heavy atom. The number of ether oxygens (including phenoxy) is 1. The third-order valence-corrected chi connectivity index (χ3v) is 4.28. The van der Waals surface area contributed by atoms with E-state index in [9.17, 15) is 9.59 Å². The molecule has 5 heteroatoms. The molecule has 0 saturated heterocycles. The SMILES string of the molecule is CN(Cc1ccccc1)C(=O)COC(=O)CCn1ccc2ccccc21. The second kappa shape index (κ2) is 8.34. The van der Waals surface area contributed by atoms with Crippen molar-refractivity contribution in [2.75, 3.05) is 13.7 Å². The van der Waals surface area contributed by atoms with Gasteiger partial charge in [-0.1, -0.05) is 48.5 Å². The molecule has 1 heterocycles. The molecule has 0 N–H and O–H groups in total. The fourth-order valence-electron chi connectivity index (χ4n) is 2.82. The molecule has 0 spiro atoms. The van der Waals surface area contributed by atoms with E-state index in [2.05, 4.69) is 0 Å². The predicted molar refractivity (Wildman–Crippen MR) is 100 cm³/mol. The van der Waals surface area contributed by atoms with Gasteiger partial charge in [-0.15, -0.1) is 0 Å². The molecule has 0 radical (unpaired) electrons.